The van der Waals surface area contributed by atoms with Gasteiger partial charge in [0.1, 0.15) is 5.69 Å². The molecular weight excluding hydrogens is 247 g/mol. The van der Waals surface area contributed by atoms with E-state index in [1.807, 2.05) is 0 Å². The summed E-state index contributed by atoms with van der Waals surface area (Å²) in [5, 5.41) is -0.555. The minimum Gasteiger partial charge on any atom is -0.461 e. The molecule has 88 valence electrons. The van der Waals surface area contributed by atoms with Crippen molar-refractivity contribution in [1.82, 2.24) is 4.98 Å². The van der Waals surface area contributed by atoms with Gasteiger partial charge in [-0.25, -0.2) is 9.78 Å². The summed E-state index contributed by atoms with van der Waals surface area (Å²) in [4.78, 5) is 14.6. The third-order valence-corrected chi connectivity index (χ3v) is 1.95. The third kappa shape index (κ3) is 2.85. The number of halogens is 4. The van der Waals surface area contributed by atoms with Gasteiger partial charge in [0, 0.05) is 6.20 Å². The van der Waals surface area contributed by atoms with Crippen LogP contribution in [0.2, 0.25) is 5.02 Å². The number of ether oxygens (including phenoxy) is 1. The first kappa shape index (κ1) is 12.8. The Morgan fingerprint density at radius 2 is 2.19 bits per heavy atom. The Morgan fingerprint density at radius 1 is 1.56 bits per heavy atom. The first-order chi connectivity index (χ1) is 7.36. The van der Waals surface area contributed by atoms with Crippen LogP contribution in [0.15, 0.2) is 12.3 Å². The van der Waals surface area contributed by atoms with Crippen molar-refractivity contribution in [2.45, 2.75) is 13.1 Å². The number of nitrogens with zero attached hydrogens (tertiary/aromatic N) is 1. The zero-order valence-electron chi connectivity index (χ0n) is 8.14. The van der Waals surface area contributed by atoms with Crippen LogP contribution >= 0.6 is 11.6 Å². The van der Waals surface area contributed by atoms with Gasteiger partial charge in [-0.2, -0.15) is 13.2 Å². The van der Waals surface area contributed by atoms with Gasteiger partial charge in [0.2, 0.25) is 0 Å². The van der Waals surface area contributed by atoms with Crippen LogP contribution in [0, 0.1) is 0 Å². The van der Waals surface area contributed by atoms with E-state index < -0.39 is 28.4 Å². The van der Waals surface area contributed by atoms with Crippen LogP contribution in [0.4, 0.5) is 13.2 Å². The quantitative estimate of drug-likeness (QED) is 0.761. The molecule has 0 saturated heterocycles. The largest absolute Gasteiger partial charge is 0.461 e. The lowest BCUT2D eigenvalue weighted by Crippen LogP contribution is -2.12. The molecule has 1 aromatic rings. The Morgan fingerprint density at radius 3 is 2.69 bits per heavy atom. The molecule has 16 heavy (non-hydrogen) atoms. The summed E-state index contributed by atoms with van der Waals surface area (Å²) in [7, 11) is 0. The van der Waals surface area contributed by atoms with E-state index in [1.54, 1.807) is 6.92 Å². The third-order valence-electron chi connectivity index (χ3n) is 1.65. The monoisotopic (exact) mass is 253 g/mol. The second-order valence-corrected chi connectivity index (χ2v) is 3.17. The van der Waals surface area contributed by atoms with Crippen LogP contribution in [-0.2, 0) is 10.9 Å². The molecular formula is C9H7ClF3NO2. The van der Waals surface area contributed by atoms with Gasteiger partial charge in [-0.3, -0.25) is 0 Å². The Hall–Kier alpha value is -1.30. The van der Waals surface area contributed by atoms with Crippen LogP contribution in [0.3, 0.4) is 0 Å². The molecule has 0 fully saturated rings. The van der Waals surface area contributed by atoms with Gasteiger partial charge in [-0.15, -0.1) is 0 Å². The topological polar surface area (TPSA) is 39.2 Å². The fraction of sp³-hybridized carbons (Fsp3) is 0.333. The van der Waals surface area contributed by atoms with Gasteiger partial charge < -0.3 is 4.74 Å². The number of esters is 1. The van der Waals surface area contributed by atoms with Crippen molar-refractivity contribution < 1.29 is 22.7 Å². The SMILES string of the molecule is CCOC(=O)c1cc(C(F)(F)F)c(Cl)cn1. The van der Waals surface area contributed by atoms with Crippen molar-refractivity contribution >= 4 is 17.6 Å². The lowest BCUT2D eigenvalue weighted by Gasteiger charge is -2.09. The van der Waals surface area contributed by atoms with Crippen molar-refractivity contribution in [3.63, 3.8) is 0 Å². The molecule has 0 spiro atoms. The number of pyridine rings is 1. The lowest BCUT2D eigenvalue weighted by atomic mass is 10.2. The van der Waals surface area contributed by atoms with Crippen LogP contribution in [0.1, 0.15) is 23.0 Å². The van der Waals surface area contributed by atoms with E-state index in [-0.39, 0.29) is 6.61 Å². The van der Waals surface area contributed by atoms with E-state index in [0.29, 0.717) is 6.07 Å². The van der Waals surface area contributed by atoms with E-state index in [0.717, 1.165) is 6.20 Å². The van der Waals surface area contributed by atoms with Crippen LogP contribution in [0.25, 0.3) is 0 Å². The van der Waals surface area contributed by atoms with Crippen molar-refractivity contribution in [1.29, 1.82) is 0 Å². The van der Waals surface area contributed by atoms with Gasteiger partial charge in [-0.1, -0.05) is 11.6 Å². The fourth-order valence-corrected chi connectivity index (χ4v) is 1.18. The molecule has 0 N–H and O–H groups in total. The van der Waals surface area contributed by atoms with Crippen molar-refractivity contribution in [3.05, 3.63) is 28.5 Å². The maximum absolute atomic E-state index is 12.4. The number of hydrogen-bond acceptors (Lipinski definition) is 3. The maximum Gasteiger partial charge on any atom is 0.417 e. The zero-order valence-corrected chi connectivity index (χ0v) is 8.89. The fourth-order valence-electron chi connectivity index (χ4n) is 0.973. The smallest absolute Gasteiger partial charge is 0.417 e. The molecule has 3 nitrogen and oxygen atoms in total. The molecule has 0 unspecified atom stereocenters. The highest BCUT2D eigenvalue weighted by Gasteiger charge is 2.34. The van der Waals surface area contributed by atoms with Crippen LogP contribution < -0.4 is 0 Å². The molecule has 0 aliphatic rings. The number of carbonyl (C=O) groups excluding carboxylic acids is 1. The first-order valence-electron chi connectivity index (χ1n) is 4.26. The summed E-state index contributed by atoms with van der Waals surface area (Å²) in [5.41, 5.74) is -1.52. The van der Waals surface area contributed by atoms with Gasteiger partial charge in [0.15, 0.2) is 0 Å². The van der Waals surface area contributed by atoms with E-state index in [2.05, 4.69) is 9.72 Å². The molecule has 0 amide bonds. The van der Waals surface area contributed by atoms with E-state index in [4.69, 9.17) is 11.6 Å². The summed E-state index contributed by atoms with van der Waals surface area (Å²) in [6.07, 6.45) is -3.85. The number of aromatic nitrogens is 1. The number of carbonyl (C=O) groups is 1. The van der Waals surface area contributed by atoms with Gasteiger partial charge >= 0.3 is 12.1 Å². The molecule has 0 saturated carbocycles. The zero-order chi connectivity index (χ0) is 12.3. The Balaban J connectivity index is 3.13. The molecule has 1 aromatic heterocycles. The molecule has 1 rings (SSSR count). The molecule has 1 heterocycles. The molecule has 0 aliphatic carbocycles. The first-order valence-corrected chi connectivity index (χ1v) is 4.64. The Bertz CT molecular complexity index is 406. The second-order valence-electron chi connectivity index (χ2n) is 2.77. The number of rotatable bonds is 2. The maximum atomic E-state index is 12.4. The minimum atomic E-state index is -4.62. The van der Waals surface area contributed by atoms with Gasteiger partial charge in [-0.05, 0) is 13.0 Å². The van der Waals surface area contributed by atoms with Gasteiger partial charge in [0.05, 0.1) is 17.2 Å². The Labute approximate surface area is 94.2 Å². The van der Waals surface area contributed by atoms with E-state index in [1.165, 1.54) is 0 Å². The van der Waals surface area contributed by atoms with Gasteiger partial charge in [0.25, 0.3) is 0 Å². The van der Waals surface area contributed by atoms with Crippen LogP contribution in [-0.4, -0.2) is 17.6 Å². The second kappa shape index (κ2) is 4.69. The normalized spacial score (nSPS) is 11.3. The molecule has 0 aromatic carbocycles. The Kier molecular flexibility index (Phi) is 3.74. The summed E-state index contributed by atoms with van der Waals surface area (Å²) in [6, 6.07) is 0.570. The highest BCUT2D eigenvalue weighted by molar-refractivity contribution is 6.31. The molecule has 0 aliphatic heterocycles. The summed E-state index contributed by atoms with van der Waals surface area (Å²) >= 11 is 5.33. The highest BCUT2D eigenvalue weighted by Crippen LogP contribution is 2.34. The molecule has 0 atom stereocenters. The molecule has 0 radical (unpaired) electrons. The molecule has 7 heteroatoms. The number of hydrogen-bond donors (Lipinski definition) is 0. The van der Waals surface area contributed by atoms with Crippen molar-refractivity contribution in [3.8, 4) is 0 Å². The summed E-state index contributed by atoms with van der Waals surface area (Å²) < 4.78 is 41.8. The standard InChI is InChI=1S/C9H7ClF3NO2/c1-2-16-8(15)7-3-5(9(11,12)13)6(10)4-14-7/h3-4H,2H2,1H3. The summed E-state index contributed by atoms with van der Waals surface area (Å²) in [6.45, 7) is 1.60. The van der Waals surface area contributed by atoms with Crippen LogP contribution in [0.5, 0.6) is 0 Å². The minimum absolute atomic E-state index is 0.0600. The molecule has 0 bridgehead atoms. The van der Waals surface area contributed by atoms with Crippen molar-refractivity contribution in [2.75, 3.05) is 6.61 Å². The predicted octanol–water partition coefficient (Wildman–Crippen LogP) is 2.93. The average molecular weight is 254 g/mol. The van der Waals surface area contributed by atoms with Crippen molar-refractivity contribution in [2.24, 2.45) is 0 Å². The summed E-state index contributed by atoms with van der Waals surface area (Å²) in [5.74, 6) is -0.912. The predicted molar refractivity (Wildman–Crippen MR) is 50.2 cm³/mol. The lowest BCUT2D eigenvalue weighted by molar-refractivity contribution is -0.137. The van der Waals surface area contributed by atoms with E-state index in [9.17, 15) is 18.0 Å². The van der Waals surface area contributed by atoms with E-state index >= 15 is 0 Å². The number of alkyl halides is 3. The highest BCUT2D eigenvalue weighted by atomic mass is 35.5. The average Bonchev–Trinajstić information content (AvgIpc) is 2.16.